The second kappa shape index (κ2) is 9.38. The lowest BCUT2D eigenvalue weighted by molar-refractivity contribution is -0.121. The van der Waals surface area contributed by atoms with Crippen molar-refractivity contribution in [3.05, 3.63) is 60.5 Å². The molecule has 0 aliphatic heterocycles. The second-order valence-electron chi connectivity index (χ2n) is 5.72. The van der Waals surface area contributed by atoms with Gasteiger partial charge in [-0.15, -0.1) is 0 Å². The molecule has 140 valence electrons. The number of methoxy groups -OCH3 is 1. The maximum atomic E-state index is 11.9. The first-order chi connectivity index (χ1) is 13.3. The van der Waals surface area contributed by atoms with Crippen molar-refractivity contribution in [3.8, 4) is 22.9 Å². The molecule has 0 fully saturated rings. The first-order valence-electron chi connectivity index (χ1n) is 8.67. The number of ether oxygens (including phenoxy) is 2. The topological polar surface area (TPSA) is 86.5 Å². The SMILES string of the molecule is COc1ccccc1-c1noc(CCNC(=O)CCOc2ccccc2)n1. The molecule has 1 aromatic heterocycles. The summed E-state index contributed by atoms with van der Waals surface area (Å²) in [6, 6.07) is 16.9. The summed E-state index contributed by atoms with van der Waals surface area (Å²) in [5.41, 5.74) is 0.761. The number of aromatic nitrogens is 2. The Morgan fingerprint density at radius 2 is 1.89 bits per heavy atom. The van der Waals surface area contributed by atoms with Crippen LogP contribution in [0.2, 0.25) is 0 Å². The van der Waals surface area contributed by atoms with E-state index >= 15 is 0 Å². The molecule has 27 heavy (non-hydrogen) atoms. The van der Waals surface area contributed by atoms with Crippen molar-refractivity contribution < 1.29 is 18.8 Å². The maximum Gasteiger partial charge on any atom is 0.228 e. The minimum atomic E-state index is -0.0876. The standard InChI is InChI=1S/C20H21N3O4/c1-25-17-10-6-5-9-16(17)20-22-19(27-23-20)11-13-21-18(24)12-14-26-15-7-3-2-4-8-15/h2-10H,11-14H2,1H3,(H,21,24). The normalized spacial score (nSPS) is 10.4. The van der Waals surface area contributed by atoms with Crippen molar-refractivity contribution in [1.29, 1.82) is 0 Å². The van der Waals surface area contributed by atoms with Gasteiger partial charge < -0.3 is 19.3 Å². The van der Waals surface area contributed by atoms with E-state index in [0.29, 0.717) is 37.0 Å². The van der Waals surface area contributed by atoms with Crippen molar-refractivity contribution in [1.82, 2.24) is 15.5 Å². The van der Waals surface area contributed by atoms with Gasteiger partial charge in [-0.3, -0.25) is 4.79 Å². The molecular weight excluding hydrogens is 346 g/mol. The van der Waals surface area contributed by atoms with Crippen LogP contribution < -0.4 is 14.8 Å². The Kier molecular flexibility index (Phi) is 6.40. The van der Waals surface area contributed by atoms with Gasteiger partial charge in [0.25, 0.3) is 0 Å². The number of carbonyl (C=O) groups excluding carboxylic acids is 1. The third-order valence-corrected chi connectivity index (χ3v) is 3.82. The highest BCUT2D eigenvalue weighted by molar-refractivity contribution is 5.76. The van der Waals surface area contributed by atoms with Gasteiger partial charge in [0.15, 0.2) is 0 Å². The van der Waals surface area contributed by atoms with E-state index in [1.165, 1.54) is 0 Å². The predicted molar refractivity (Wildman–Crippen MR) is 99.6 cm³/mol. The average molecular weight is 367 g/mol. The van der Waals surface area contributed by atoms with Crippen molar-refractivity contribution in [2.45, 2.75) is 12.8 Å². The fourth-order valence-corrected chi connectivity index (χ4v) is 2.47. The number of hydrogen-bond acceptors (Lipinski definition) is 6. The van der Waals surface area contributed by atoms with Gasteiger partial charge in [0, 0.05) is 13.0 Å². The molecule has 2 aromatic carbocycles. The van der Waals surface area contributed by atoms with Gasteiger partial charge in [-0.2, -0.15) is 4.98 Å². The zero-order valence-corrected chi connectivity index (χ0v) is 15.1. The zero-order valence-electron chi connectivity index (χ0n) is 15.1. The Balaban J connectivity index is 1.42. The smallest absolute Gasteiger partial charge is 0.228 e. The van der Waals surface area contributed by atoms with Gasteiger partial charge in [-0.25, -0.2) is 0 Å². The number of nitrogens with zero attached hydrogens (tertiary/aromatic N) is 2. The second-order valence-corrected chi connectivity index (χ2v) is 5.72. The van der Waals surface area contributed by atoms with E-state index in [2.05, 4.69) is 15.5 Å². The van der Waals surface area contributed by atoms with Crippen molar-refractivity contribution in [2.75, 3.05) is 20.3 Å². The van der Waals surface area contributed by atoms with Crippen LogP contribution in [0.15, 0.2) is 59.1 Å². The summed E-state index contributed by atoms with van der Waals surface area (Å²) >= 11 is 0. The minimum absolute atomic E-state index is 0.0876. The number of carbonyl (C=O) groups is 1. The van der Waals surface area contributed by atoms with Gasteiger partial charge >= 0.3 is 0 Å². The maximum absolute atomic E-state index is 11.9. The quantitative estimate of drug-likeness (QED) is 0.626. The number of nitrogens with one attached hydrogen (secondary N) is 1. The largest absolute Gasteiger partial charge is 0.496 e. The van der Waals surface area contributed by atoms with E-state index in [1.807, 2.05) is 54.6 Å². The molecular formula is C20H21N3O4. The molecule has 3 aromatic rings. The van der Waals surface area contributed by atoms with Gasteiger partial charge in [0.1, 0.15) is 11.5 Å². The summed E-state index contributed by atoms with van der Waals surface area (Å²) in [5, 5.41) is 6.79. The van der Waals surface area contributed by atoms with Gasteiger partial charge in [-0.1, -0.05) is 35.5 Å². The van der Waals surface area contributed by atoms with E-state index in [4.69, 9.17) is 14.0 Å². The Labute approximate surface area is 157 Å². The van der Waals surface area contributed by atoms with Crippen molar-refractivity contribution >= 4 is 5.91 Å². The third-order valence-electron chi connectivity index (χ3n) is 3.82. The molecule has 0 saturated heterocycles. The number of benzene rings is 2. The number of amides is 1. The van der Waals surface area contributed by atoms with Gasteiger partial charge in [-0.05, 0) is 24.3 Å². The van der Waals surface area contributed by atoms with E-state index < -0.39 is 0 Å². The van der Waals surface area contributed by atoms with Gasteiger partial charge in [0.05, 0.1) is 25.7 Å². The molecule has 1 N–H and O–H groups in total. The monoisotopic (exact) mass is 367 g/mol. The molecule has 1 heterocycles. The van der Waals surface area contributed by atoms with Crippen LogP contribution >= 0.6 is 0 Å². The van der Waals surface area contributed by atoms with Crippen LogP contribution in [-0.4, -0.2) is 36.3 Å². The molecule has 0 aliphatic rings. The molecule has 0 radical (unpaired) electrons. The third kappa shape index (κ3) is 5.31. The van der Waals surface area contributed by atoms with Crippen LogP contribution in [0.4, 0.5) is 0 Å². The van der Waals surface area contributed by atoms with E-state index in [-0.39, 0.29) is 12.3 Å². The van der Waals surface area contributed by atoms with E-state index in [0.717, 1.165) is 11.3 Å². The molecule has 1 amide bonds. The molecule has 0 spiro atoms. The molecule has 0 bridgehead atoms. The lowest BCUT2D eigenvalue weighted by atomic mass is 10.2. The molecule has 0 atom stereocenters. The molecule has 0 aliphatic carbocycles. The summed E-state index contributed by atoms with van der Waals surface area (Å²) in [5.74, 6) is 2.26. The van der Waals surface area contributed by atoms with Crippen LogP contribution in [0, 0.1) is 0 Å². The Bertz CT molecular complexity index is 864. The molecule has 0 saturated carbocycles. The summed E-state index contributed by atoms with van der Waals surface area (Å²) < 4.78 is 16.0. The Hall–Kier alpha value is -3.35. The van der Waals surface area contributed by atoms with E-state index in [1.54, 1.807) is 7.11 Å². The molecule has 3 rings (SSSR count). The molecule has 7 nitrogen and oxygen atoms in total. The lowest BCUT2D eigenvalue weighted by Crippen LogP contribution is -2.27. The predicted octanol–water partition coefficient (Wildman–Crippen LogP) is 2.87. The summed E-state index contributed by atoms with van der Waals surface area (Å²) in [7, 11) is 1.59. The van der Waals surface area contributed by atoms with Crippen LogP contribution in [0.5, 0.6) is 11.5 Å². The first kappa shape index (κ1) is 18.4. The Morgan fingerprint density at radius 3 is 2.70 bits per heavy atom. The molecule has 0 unspecified atom stereocenters. The highest BCUT2D eigenvalue weighted by Gasteiger charge is 2.13. The Morgan fingerprint density at radius 1 is 1.11 bits per heavy atom. The first-order valence-corrected chi connectivity index (χ1v) is 8.67. The van der Waals surface area contributed by atoms with Crippen molar-refractivity contribution in [2.24, 2.45) is 0 Å². The van der Waals surface area contributed by atoms with E-state index in [9.17, 15) is 4.79 Å². The summed E-state index contributed by atoms with van der Waals surface area (Å²) in [4.78, 5) is 16.2. The van der Waals surface area contributed by atoms with Gasteiger partial charge in [0.2, 0.25) is 17.6 Å². The number of para-hydroxylation sites is 2. The number of rotatable bonds is 9. The fraction of sp³-hybridized carbons (Fsp3) is 0.250. The van der Waals surface area contributed by atoms with Crippen LogP contribution in [0.25, 0.3) is 11.4 Å². The molecule has 7 heteroatoms. The highest BCUT2D eigenvalue weighted by atomic mass is 16.5. The zero-order chi connectivity index (χ0) is 18.9. The summed E-state index contributed by atoms with van der Waals surface area (Å²) in [6.07, 6.45) is 0.735. The summed E-state index contributed by atoms with van der Waals surface area (Å²) in [6.45, 7) is 0.742. The highest BCUT2D eigenvalue weighted by Crippen LogP contribution is 2.26. The van der Waals surface area contributed by atoms with Crippen LogP contribution in [0.3, 0.4) is 0 Å². The fourth-order valence-electron chi connectivity index (χ4n) is 2.47. The lowest BCUT2D eigenvalue weighted by Gasteiger charge is -2.06. The van der Waals surface area contributed by atoms with Crippen molar-refractivity contribution in [3.63, 3.8) is 0 Å². The van der Waals surface area contributed by atoms with Crippen LogP contribution in [0.1, 0.15) is 12.3 Å². The average Bonchev–Trinajstić information content (AvgIpc) is 3.17. The van der Waals surface area contributed by atoms with Crippen LogP contribution in [-0.2, 0) is 11.2 Å². The number of hydrogen-bond donors (Lipinski definition) is 1. The minimum Gasteiger partial charge on any atom is -0.496 e.